The van der Waals surface area contributed by atoms with Crippen LogP contribution in [-0.4, -0.2) is 18.5 Å². The number of thiophene rings is 1. The van der Waals surface area contributed by atoms with E-state index in [0.29, 0.717) is 14.9 Å². The van der Waals surface area contributed by atoms with Crippen LogP contribution in [-0.2, 0) is 29.5 Å². The monoisotopic (exact) mass is 344 g/mol. The zero-order valence-corrected chi connectivity index (χ0v) is 14.0. The van der Waals surface area contributed by atoms with Gasteiger partial charge in [0, 0.05) is 14.6 Å². The third-order valence-corrected chi connectivity index (χ3v) is 7.27. The molecule has 21 heavy (non-hydrogen) atoms. The van der Waals surface area contributed by atoms with Gasteiger partial charge in [-0.15, -0.1) is 22.7 Å². The van der Waals surface area contributed by atoms with Crippen LogP contribution in [0.4, 0.5) is 5.13 Å². The molecule has 2 N–H and O–H groups in total. The molecule has 1 aliphatic carbocycles. The SMILES string of the molecule is Cc1sc(CO)cc1S(=O)(=O)Nc1nc2c(s1)CCCC2. The molecule has 0 fully saturated rings. The molecule has 0 amide bonds. The van der Waals surface area contributed by atoms with E-state index in [1.807, 2.05) is 0 Å². The Balaban J connectivity index is 1.88. The minimum atomic E-state index is -3.64. The highest BCUT2D eigenvalue weighted by molar-refractivity contribution is 7.93. The number of sulfonamides is 1. The number of nitrogens with one attached hydrogen (secondary N) is 1. The van der Waals surface area contributed by atoms with Crippen molar-refractivity contribution in [2.75, 3.05) is 4.72 Å². The third-order valence-electron chi connectivity index (χ3n) is 3.44. The van der Waals surface area contributed by atoms with Crippen LogP contribution >= 0.6 is 22.7 Å². The molecule has 114 valence electrons. The van der Waals surface area contributed by atoms with Crippen molar-refractivity contribution in [2.45, 2.75) is 44.1 Å². The Hall–Kier alpha value is -0.960. The fourth-order valence-electron chi connectivity index (χ4n) is 2.43. The van der Waals surface area contributed by atoms with Crippen LogP contribution in [0.1, 0.15) is 33.2 Å². The number of aliphatic hydroxyl groups excluding tert-OH is 1. The first-order chi connectivity index (χ1) is 9.99. The molecule has 0 unspecified atom stereocenters. The maximum atomic E-state index is 12.4. The van der Waals surface area contributed by atoms with Crippen LogP contribution in [0.15, 0.2) is 11.0 Å². The van der Waals surface area contributed by atoms with Crippen LogP contribution in [0.5, 0.6) is 0 Å². The molecule has 2 heterocycles. The first-order valence-electron chi connectivity index (χ1n) is 6.71. The molecule has 2 aromatic rings. The van der Waals surface area contributed by atoms with E-state index in [2.05, 4.69) is 9.71 Å². The molecule has 1 aliphatic rings. The Kier molecular flexibility index (Phi) is 4.04. The van der Waals surface area contributed by atoms with Crippen molar-refractivity contribution in [3.05, 3.63) is 26.4 Å². The standard InChI is InChI=1S/C13H16N2O3S3/c1-8-12(6-9(7-16)19-8)21(17,18)15-13-14-10-4-2-3-5-11(10)20-13/h6,16H,2-5,7H2,1H3,(H,14,15). The Labute approximate surface area is 131 Å². The molecule has 0 saturated heterocycles. The zero-order chi connectivity index (χ0) is 15.0. The lowest BCUT2D eigenvalue weighted by atomic mass is 10.0. The minimum Gasteiger partial charge on any atom is -0.391 e. The van der Waals surface area contributed by atoms with E-state index in [4.69, 9.17) is 5.11 Å². The molecule has 5 nitrogen and oxygen atoms in total. The van der Waals surface area contributed by atoms with Crippen molar-refractivity contribution in [1.29, 1.82) is 0 Å². The van der Waals surface area contributed by atoms with Crippen molar-refractivity contribution >= 4 is 37.8 Å². The first-order valence-corrected chi connectivity index (χ1v) is 9.83. The molecule has 0 aromatic carbocycles. The lowest BCUT2D eigenvalue weighted by Crippen LogP contribution is -2.13. The largest absolute Gasteiger partial charge is 0.391 e. The number of aliphatic hydroxyl groups is 1. The summed E-state index contributed by atoms with van der Waals surface area (Å²) in [5.41, 5.74) is 1.03. The van der Waals surface area contributed by atoms with Gasteiger partial charge in [-0.25, -0.2) is 13.4 Å². The number of fused-ring (bicyclic) bond motifs is 1. The normalized spacial score (nSPS) is 15.0. The fraction of sp³-hybridized carbons (Fsp3) is 0.462. The van der Waals surface area contributed by atoms with Gasteiger partial charge in [0.1, 0.15) is 4.90 Å². The van der Waals surface area contributed by atoms with E-state index in [-0.39, 0.29) is 11.5 Å². The molecule has 0 radical (unpaired) electrons. The molecule has 0 atom stereocenters. The summed E-state index contributed by atoms with van der Waals surface area (Å²) in [5, 5.41) is 9.57. The summed E-state index contributed by atoms with van der Waals surface area (Å²) in [5.74, 6) is 0. The summed E-state index contributed by atoms with van der Waals surface area (Å²) >= 11 is 2.72. The maximum absolute atomic E-state index is 12.4. The second-order valence-electron chi connectivity index (χ2n) is 4.99. The van der Waals surface area contributed by atoms with Gasteiger partial charge < -0.3 is 5.11 Å². The van der Waals surface area contributed by atoms with Crippen molar-refractivity contribution in [3.8, 4) is 0 Å². The molecule has 0 aliphatic heterocycles. The predicted octanol–water partition coefficient (Wildman–Crippen LogP) is 2.68. The van der Waals surface area contributed by atoms with Gasteiger partial charge in [0.05, 0.1) is 12.3 Å². The number of hydrogen-bond donors (Lipinski definition) is 2. The van der Waals surface area contributed by atoms with E-state index in [0.717, 1.165) is 31.4 Å². The third kappa shape index (κ3) is 2.98. The highest BCUT2D eigenvalue weighted by atomic mass is 32.2. The van der Waals surface area contributed by atoms with Crippen LogP contribution < -0.4 is 4.72 Å². The number of nitrogens with zero attached hydrogens (tertiary/aromatic N) is 1. The summed E-state index contributed by atoms with van der Waals surface area (Å²) < 4.78 is 27.5. The predicted molar refractivity (Wildman–Crippen MR) is 84.5 cm³/mol. The fourth-order valence-corrected chi connectivity index (χ4v) is 6.22. The van der Waals surface area contributed by atoms with E-state index in [1.54, 1.807) is 6.92 Å². The van der Waals surface area contributed by atoms with Gasteiger partial charge in [-0.1, -0.05) is 0 Å². The molecular formula is C13H16N2O3S3. The number of hydrogen-bond acceptors (Lipinski definition) is 6. The first kappa shape index (κ1) is 15.0. The summed E-state index contributed by atoms with van der Waals surface area (Å²) in [6.45, 7) is 1.60. The van der Waals surface area contributed by atoms with Gasteiger partial charge in [-0.3, -0.25) is 4.72 Å². The Morgan fingerprint density at radius 3 is 2.76 bits per heavy atom. The number of anilines is 1. The highest BCUT2D eigenvalue weighted by Crippen LogP contribution is 2.32. The number of rotatable bonds is 4. The average Bonchev–Trinajstić information content (AvgIpc) is 3.00. The van der Waals surface area contributed by atoms with Gasteiger partial charge in [0.15, 0.2) is 5.13 Å². The van der Waals surface area contributed by atoms with Crippen molar-refractivity contribution in [3.63, 3.8) is 0 Å². The van der Waals surface area contributed by atoms with E-state index >= 15 is 0 Å². The van der Waals surface area contributed by atoms with Crippen LogP contribution in [0.25, 0.3) is 0 Å². The minimum absolute atomic E-state index is 0.146. The van der Waals surface area contributed by atoms with Crippen LogP contribution in [0.3, 0.4) is 0 Å². The molecule has 0 saturated carbocycles. The number of aryl methyl sites for hydroxylation is 3. The molecule has 0 bridgehead atoms. The summed E-state index contributed by atoms with van der Waals surface area (Å²) in [6, 6.07) is 1.52. The lowest BCUT2D eigenvalue weighted by molar-refractivity contribution is 0.285. The highest BCUT2D eigenvalue weighted by Gasteiger charge is 2.23. The molecule has 8 heteroatoms. The summed E-state index contributed by atoms with van der Waals surface area (Å²) in [4.78, 5) is 7.14. The van der Waals surface area contributed by atoms with Crippen molar-refractivity contribution in [1.82, 2.24) is 4.98 Å². The van der Waals surface area contributed by atoms with Gasteiger partial charge in [-0.2, -0.15) is 0 Å². The topological polar surface area (TPSA) is 79.3 Å². The Bertz CT molecular complexity index is 738. The number of thiazole rings is 1. The molecule has 2 aromatic heterocycles. The van der Waals surface area contributed by atoms with Crippen LogP contribution in [0.2, 0.25) is 0 Å². The van der Waals surface area contributed by atoms with Gasteiger partial charge in [0.25, 0.3) is 10.0 Å². The lowest BCUT2D eigenvalue weighted by Gasteiger charge is -2.06. The summed E-state index contributed by atoms with van der Waals surface area (Å²) in [7, 11) is -3.64. The average molecular weight is 344 g/mol. The van der Waals surface area contributed by atoms with E-state index in [1.165, 1.54) is 33.6 Å². The molecule has 3 rings (SSSR count). The Morgan fingerprint density at radius 1 is 1.33 bits per heavy atom. The van der Waals surface area contributed by atoms with Crippen molar-refractivity contribution in [2.24, 2.45) is 0 Å². The van der Waals surface area contributed by atoms with Gasteiger partial charge in [-0.05, 0) is 38.7 Å². The van der Waals surface area contributed by atoms with Crippen LogP contribution in [0, 0.1) is 6.92 Å². The van der Waals surface area contributed by atoms with Gasteiger partial charge >= 0.3 is 0 Å². The second-order valence-corrected chi connectivity index (χ2v) is 9.07. The van der Waals surface area contributed by atoms with Gasteiger partial charge in [0.2, 0.25) is 0 Å². The number of aromatic nitrogens is 1. The Morgan fingerprint density at radius 2 is 2.10 bits per heavy atom. The summed E-state index contributed by atoms with van der Waals surface area (Å²) in [6.07, 6.45) is 4.18. The second kappa shape index (κ2) is 5.68. The molecular weight excluding hydrogens is 328 g/mol. The van der Waals surface area contributed by atoms with E-state index < -0.39 is 10.0 Å². The maximum Gasteiger partial charge on any atom is 0.264 e. The quantitative estimate of drug-likeness (QED) is 0.894. The van der Waals surface area contributed by atoms with E-state index in [9.17, 15) is 8.42 Å². The zero-order valence-electron chi connectivity index (χ0n) is 11.5. The molecule has 0 spiro atoms. The van der Waals surface area contributed by atoms with Crippen molar-refractivity contribution < 1.29 is 13.5 Å². The smallest absolute Gasteiger partial charge is 0.264 e.